The second-order valence-corrected chi connectivity index (χ2v) is 8.61. The predicted octanol–water partition coefficient (Wildman–Crippen LogP) is 1.58. The number of benzene rings is 1. The smallest absolute Gasteiger partial charge is 0.391 e. The van der Waals surface area contributed by atoms with Crippen LogP contribution in [0.4, 0.5) is 0 Å². The van der Waals surface area contributed by atoms with Crippen LogP contribution in [0.25, 0.3) is 0 Å². The summed E-state index contributed by atoms with van der Waals surface area (Å²) in [6, 6.07) is 7.36. The van der Waals surface area contributed by atoms with E-state index in [4.69, 9.17) is 14.3 Å². The molecule has 0 atom stereocenters. The van der Waals surface area contributed by atoms with Crippen molar-refractivity contribution in [2.45, 2.75) is 19.8 Å². The topological polar surface area (TPSA) is 92.9 Å². The molecule has 0 unspecified atom stereocenters. The molecule has 1 aromatic carbocycles. The van der Waals surface area contributed by atoms with Crippen LogP contribution < -0.4 is 4.52 Å². The molecule has 0 radical (unpaired) electrons. The molecule has 3 saturated heterocycles. The summed E-state index contributed by atoms with van der Waals surface area (Å²) in [4.78, 5) is 47.9. The van der Waals surface area contributed by atoms with Gasteiger partial charge in [0, 0.05) is 45.3 Å². The third-order valence-electron chi connectivity index (χ3n) is 5.21. The van der Waals surface area contributed by atoms with Gasteiger partial charge in [-0.25, -0.2) is 0 Å². The fourth-order valence-electron chi connectivity index (χ4n) is 3.40. The molecule has 0 spiro atoms. The van der Waals surface area contributed by atoms with Crippen molar-refractivity contribution in [2.24, 2.45) is 0 Å². The van der Waals surface area contributed by atoms with Crippen molar-refractivity contribution in [3.8, 4) is 5.75 Å². The summed E-state index contributed by atoms with van der Waals surface area (Å²) in [5.41, 5.74) is 2.87. The summed E-state index contributed by atoms with van der Waals surface area (Å²) in [6.45, 7) is 9.46. The van der Waals surface area contributed by atoms with Gasteiger partial charge >= 0.3 is 8.60 Å². The van der Waals surface area contributed by atoms with E-state index in [1.54, 1.807) is 12.1 Å². The fourth-order valence-corrected chi connectivity index (χ4v) is 3.75. The molecule has 4 aliphatic rings. The minimum absolute atomic E-state index is 0.00546. The third kappa shape index (κ3) is 4.67. The highest BCUT2D eigenvalue weighted by atomic mass is 31.2. The van der Waals surface area contributed by atoms with Crippen LogP contribution in [0.2, 0.25) is 0 Å². The quantitative estimate of drug-likeness (QED) is 0.399. The third-order valence-corrected chi connectivity index (χ3v) is 5.57. The Morgan fingerprint density at radius 2 is 1.47 bits per heavy atom. The lowest BCUT2D eigenvalue weighted by atomic mass is 10.0. The number of carbonyl (C=O) groups is 2. The number of rotatable bonds is 6. The lowest BCUT2D eigenvalue weighted by Gasteiger charge is -2.21. The monoisotopic (exact) mass is 431 g/mol. The number of para-hydroxylation sites is 1. The fraction of sp³-hybridized carbons (Fsp3) is 0.429. The zero-order chi connectivity index (χ0) is 21.4. The Balaban J connectivity index is 0.000000152. The maximum absolute atomic E-state index is 12.4. The van der Waals surface area contributed by atoms with E-state index in [9.17, 15) is 9.59 Å². The molecule has 0 amide bonds. The highest BCUT2D eigenvalue weighted by Gasteiger charge is 2.43. The van der Waals surface area contributed by atoms with Crippen LogP contribution in [0.3, 0.4) is 0 Å². The Morgan fingerprint density at radius 3 is 2.00 bits per heavy atom. The Hall–Kier alpha value is -2.41. The number of nitrogens with zero attached hydrogens (tertiary/aromatic N) is 3. The molecule has 2 N–H and O–H groups in total. The summed E-state index contributed by atoms with van der Waals surface area (Å²) in [5.74, 6) is 0.909. The molecule has 160 valence electrons. The van der Waals surface area contributed by atoms with Gasteiger partial charge in [0.05, 0.1) is 5.70 Å². The van der Waals surface area contributed by atoms with Crippen molar-refractivity contribution in [2.75, 3.05) is 39.3 Å². The van der Waals surface area contributed by atoms with Crippen molar-refractivity contribution in [1.29, 1.82) is 0 Å². The van der Waals surface area contributed by atoms with Crippen molar-refractivity contribution < 1.29 is 23.9 Å². The van der Waals surface area contributed by atoms with Crippen LogP contribution in [-0.2, 0) is 9.59 Å². The van der Waals surface area contributed by atoms with E-state index < -0.39 is 8.60 Å². The van der Waals surface area contributed by atoms with Crippen molar-refractivity contribution in [1.82, 2.24) is 14.7 Å². The molecule has 8 nitrogen and oxygen atoms in total. The molecule has 9 heteroatoms. The summed E-state index contributed by atoms with van der Waals surface area (Å²) in [5, 5.41) is 0. The van der Waals surface area contributed by atoms with Gasteiger partial charge in [0.15, 0.2) is 0 Å². The number of carbonyl (C=O) groups excluding carboxylic acids is 2. The molecular weight excluding hydrogens is 405 g/mol. The molecular formula is C21H26N3O5P. The molecule has 0 saturated carbocycles. The van der Waals surface area contributed by atoms with Gasteiger partial charge in [-0.05, 0) is 17.5 Å². The second kappa shape index (κ2) is 8.38. The van der Waals surface area contributed by atoms with Gasteiger partial charge in [-0.1, -0.05) is 32.0 Å². The van der Waals surface area contributed by atoms with Crippen molar-refractivity contribution >= 4 is 20.2 Å². The average molecular weight is 431 g/mol. The first-order valence-corrected chi connectivity index (χ1v) is 11.3. The van der Waals surface area contributed by atoms with Gasteiger partial charge < -0.3 is 29.0 Å². The van der Waals surface area contributed by atoms with E-state index in [0.717, 1.165) is 44.8 Å². The molecule has 0 aromatic heterocycles. The molecule has 1 aliphatic carbocycles. The highest BCUT2D eigenvalue weighted by Crippen LogP contribution is 2.35. The van der Waals surface area contributed by atoms with Gasteiger partial charge in [-0.3, -0.25) is 9.59 Å². The maximum atomic E-state index is 12.4. The number of ketones is 2. The summed E-state index contributed by atoms with van der Waals surface area (Å²) < 4.78 is 4.88. The highest BCUT2D eigenvalue weighted by molar-refractivity contribution is 7.39. The van der Waals surface area contributed by atoms with E-state index in [-0.39, 0.29) is 11.6 Å². The first-order valence-electron chi connectivity index (χ1n) is 10.1. The minimum atomic E-state index is -2.32. The van der Waals surface area contributed by atoms with Gasteiger partial charge in [0.25, 0.3) is 0 Å². The molecule has 5 rings (SSSR count). The zero-order valence-electron chi connectivity index (χ0n) is 17.1. The maximum Gasteiger partial charge on any atom is 0.391 e. The lowest BCUT2D eigenvalue weighted by Crippen LogP contribution is -2.29. The first-order chi connectivity index (χ1) is 14.4. The lowest BCUT2D eigenvalue weighted by molar-refractivity contribution is -0.117. The van der Waals surface area contributed by atoms with Crippen molar-refractivity contribution in [3.05, 3.63) is 53.0 Å². The molecule has 0 bridgehead atoms. The van der Waals surface area contributed by atoms with Crippen LogP contribution in [0.15, 0.2) is 47.4 Å². The van der Waals surface area contributed by atoms with Gasteiger partial charge in [-0.15, -0.1) is 0 Å². The van der Waals surface area contributed by atoms with Crippen molar-refractivity contribution in [3.63, 3.8) is 0 Å². The molecule has 3 aliphatic heterocycles. The van der Waals surface area contributed by atoms with Crippen LogP contribution >= 0.6 is 8.60 Å². The van der Waals surface area contributed by atoms with E-state index in [1.165, 1.54) is 6.08 Å². The zero-order valence-corrected chi connectivity index (χ0v) is 18.0. The van der Waals surface area contributed by atoms with E-state index in [1.807, 2.05) is 40.7 Å². The minimum Gasteiger partial charge on any atom is -0.427 e. The number of hydrogen-bond donors (Lipinski definition) is 2. The Bertz CT molecular complexity index is 915. The number of allylic oxidation sites excluding steroid dienone is 1. The SMILES string of the molecule is CC(C)c1ccccc1OP(O)O.O=C1C=C(N2CC2)C(=O)C(N2CC2)=C1N1CC1. The van der Waals surface area contributed by atoms with Gasteiger partial charge in [-0.2, -0.15) is 0 Å². The largest absolute Gasteiger partial charge is 0.427 e. The summed E-state index contributed by atoms with van der Waals surface area (Å²) in [7, 11) is -2.32. The van der Waals surface area contributed by atoms with Crippen LogP contribution in [0, 0.1) is 0 Å². The summed E-state index contributed by atoms with van der Waals surface area (Å²) >= 11 is 0. The molecule has 3 fully saturated rings. The second-order valence-electron chi connectivity index (χ2n) is 7.92. The Kier molecular flexibility index (Phi) is 5.82. The van der Waals surface area contributed by atoms with Gasteiger partial charge in [0.1, 0.15) is 17.1 Å². The van der Waals surface area contributed by atoms with Crippen LogP contribution in [-0.4, -0.2) is 75.3 Å². The Morgan fingerprint density at radius 1 is 0.900 bits per heavy atom. The molecule has 1 aromatic rings. The standard InChI is InChI=1S/C12H13N3O2.C9H13O3P/c16-9-7-8(13-1-2-13)12(17)11(15-5-6-15)10(9)14-3-4-14;1-7(2)8-5-3-4-6-9(8)12-13(10)11/h7H,1-6H2;3-7,10-11H,1-2H3. The predicted molar refractivity (Wildman–Crippen MR) is 112 cm³/mol. The average Bonchev–Trinajstić information content (AvgIpc) is 3.56. The van der Waals surface area contributed by atoms with E-state index in [2.05, 4.69) is 0 Å². The van der Waals surface area contributed by atoms with E-state index in [0.29, 0.717) is 28.8 Å². The Labute approximate surface area is 177 Å². The normalized spacial score (nSPS) is 19.8. The van der Waals surface area contributed by atoms with Crippen LogP contribution in [0.1, 0.15) is 25.3 Å². The molecule has 3 heterocycles. The molecule has 30 heavy (non-hydrogen) atoms. The summed E-state index contributed by atoms with van der Waals surface area (Å²) in [6.07, 6.45) is 1.52. The number of hydrogen-bond acceptors (Lipinski definition) is 8. The number of Topliss-reactive ketones (excluding diaryl/α,β-unsaturated/α-hetero) is 1. The first kappa shape index (κ1) is 20.8. The van der Waals surface area contributed by atoms with Gasteiger partial charge in [0.2, 0.25) is 11.6 Å². The van der Waals surface area contributed by atoms with Crippen LogP contribution in [0.5, 0.6) is 5.75 Å². The van der Waals surface area contributed by atoms with E-state index >= 15 is 0 Å².